The second-order valence-electron chi connectivity index (χ2n) is 5.79. The van der Waals surface area contributed by atoms with Crippen molar-refractivity contribution in [3.8, 4) is 5.75 Å². The Bertz CT molecular complexity index is 432. The molecule has 0 saturated carbocycles. The Labute approximate surface area is 121 Å². The summed E-state index contributed by atoms with van der Waals surface area (Å²) in [5, 5.41) is 9.57. The molecule has 0 spiro atoms. The van der Waals surface area contributed by atoms with E-state index in [1.165, 1.54) is 0 Å². The number of benzene rings is 1. The molecule has 1 aliphatic heterocycles. The van der Waals surface area contributed by atoms with E-state index in [2.05, 4.69) is 18.7 Å². The molecule has 1 heterocycles. The quantitative estimate of drug-likeness (QED) is 0.861. The van der Waals surface area contributed by atoms with Crippen LogP contribution in [0.4, 0.5) is 0 Å². The predicted octanol–water partition coefficient (Wildman–Crippen LogP) is 1.76. The van der Waals surface area contributed by atoms with Crippen LogP contribution in [0.1, 0.15) is 25.8 Å². The Morgan fingerprint density at radius 3 is 2.70 bits per heavy atom. The van der Waals surface area contributed by atoms with Crippen LogP contribution in [0.5, 0.6) is 5.75 Å². The summed E-state index contributed by atoms with van der Waals surface area (Å²) < 4.78 is 5.44. The van der Waals surface area contributed by atoms with Crippen LogP contribution < -0.4 is 5.73 Å². The number of hydrogen-bond donors (Lipinski definition) is 2. The first kappa shape index (κ1) is 15.3. The first-order valence-electron chi connectivity index (χ1n) is 7.42. The van der Waals surface area contributed by atoms with Crippen LogP contribution in [0.15, 0.2) is 24.3 Å². The number of rotatable bonds is 5. The summed E-state index contributed by atoms with van der Waals surface area (Å²) in [6.45, 7) is 7.89. The summed E-state index contributed by atoms with van der Waals surface area (Å²) in [6.07, 6.45) is 1.78. The van der Waals surface area contributed by atoms with Gasteiger partial charge in [0.15, 0.2) is 0 Å². The van der Waals surface area contributed by atoms with E-state index in [1.54, 1.807) is 12.1 Å². The van der Waals surface area contributed by atoms with Gasteiger partial charge in [0.2, 0.25) is 0 Å². The lowest BCUT2D eigenvalue weighted by atomic mass is 9.84. The number of morpholine rings is 1. The third-order valence-corrected chi connectivity index (χ3v) is 4.61. The summed E-state index contributed by atoms with van der Waals surface area (Å²) in [5.74, 6) is 0.305. The topological polar surface area (TPSA) is 58.7 Å². The van der Waals surface area contributed by atoms with Crippen LogP contribution in [0.2, 0.25) is 0 Å². The van der Waals surface area contributed by atoms with E-state index in [0.29, 0.717) is 5.75 Å². The third kappa shape index (κ3) is 3.32. The zero-order chi connectivity index (χ0) is 14.6. The number of phenols is 1. The fourth-order valence-electron chi connectivity index (χ4n) is 2.95. The van der Waals surface area contributed by atoms with Crippen molar-refractivity contribution in [2.45, 2.75) is 38.3 Å². The van der Waals surface area contributed by atoms with E-state index in [9.17, 15) is 5.11 Å². The molecule has 0 bridgehead atoms. The molecule has 0 aromatic heterocycles. The second kappa shape index (κ2) is 6.57. The first-order valence-corrected chi connectivity index (χ1v) is 7.42. The highest BCUT2D eigenvalue weighted by atomic mass is 16.5. The van der Waals surface area contributed by atoms with Crippen molar-refractivity contribution in [3.05, 3.63) is 29.8 Å². The Kier molecular flexibility index (Phi) is 5.02. The Balaban J connectivity index is 2.09. The van der Waals surface area contributed by atoms with E-state index in [4.69, 9.17) is 10.5 Å². The zero-order valence-corrected chi connectivity index (χ0v) is 12.5. The normalized spacial score (nSPS) is 21.4. The lowest BCUT2D eigenvalue weighted by molar-refractivity contribution is -0.0272. The van der Waals surface area contributed by atoms with E-state index in [0.717, 1.165) is 44.7 Å². The number of ether oxygens (including phenoxy) is 1. The molecule has 4 nitrogen and oxygen atoms in total. The van der Waals surface area contributed by atoms with Crippen LogP contribution in [-0.4, -0.2) is 47.9 Å². The fourth-order valence-corrected chi connectivity index (χ4v) is 2.95. The summed E-state index contributed by atoms with van der Waals surface area (Å²) in [5.41, 5.74) is 7.57. The molecule has 2 atom stereocenters. The number of nitrogens with zero attached hydrogens (tertiary/aromatic N) is 1. The van der Waals surface area contributed by atoms with Gasteiger partial charge in [-0.25, -0.2) is 0 Å². The number of phenolic OH excluding ortho intramolecular Hbond substituents is 1. The van der Waals surface area contributed by atoms with Crippen LogP contribution in [0.3, 0.4) is 0 Å². The summed E-state index contributed by atoms with van der Waals surface area (Å²) in [4.78, 5) is 2.45. The van der Waals surface area contributed by atoms with Crippen molar-refractivity contribution >= 4 is 0 Å². The maximum Gasteiger partial charge on any atom is 0.115 e. The smallest absolute Gasteiger partial charge is 0.115 e. The van der Waals surface area contributed by atoms with Crippen molar-refractivity contribution < 1.29 is 9.84 Å². The number of hydrogen-bond acceptors (Lipinski definition) is 4. The van der Waals surface area contributed by atoms with Gasteiger partial charge in [0, 0.05) is 24.7 Å². The SMILES string of the molecule is CCC(C)(C(N)Cc1cccc(O)c1)N1CCOCC1. The molecule has 1 saturated heterocycles. The molecule has 4 heteroatoms. The number of aromatic hydroxyl groups is 1. The van der Waals surface area contributed by atoms with Crippen molar-refractivity contribution in [2.24, 2.45) is 5.73 Å². The van der Waals surface area contributed by atoms with Gasteiger partial charge in [0.1, 0.15) is 5.75 Å². The molecule has 0 radical (unpaired) electrons. The molecule has 2 unspecified atom stereocenters. The van der Waals surface area contributed by atoms with Crippen molar-refractivity contribution in [1.29, 1.82) is 0 Å². The molecular formula is C16H26N2O2. The summed E-state index contributed by atoms with van der Waals surface area (Å²) >= 11 is 0. The van der Waals surface area contributed by atoms with E-state index >= 15 is 0 Å². The number of nitrogens with two attached hydrogens (primary N) is 1. The molecule has 1 aliphatic rings. The van der Waals surface area contributed by atoms with Gasteiger partial charge in [0.25, 0.3) is 0 Å². The highest BCUT2D eigenvalue weighted by molar-refractivity contribution is 5.28. The van der Waals surface area contributed by atoms with Crippen molar-refractivity contribution in [1.82, 2.24) is 4.90 Å². The Hall–Kier alpha value is -1.10. The molecule has 0 amide bonds. The average Bonchev–Trinajstić information content (AvgIpc) is 2.47. The molecule has 1 fully saturated rings. The molecular weight excluding hydrogens is 252 g/mol. The van der Waals surface area contributed by atoms with Gasteiger partial charge in [-0.15, -0.1) is 0 Å². The molecule has 1 aromatic carbocycles. The Morgan fingerprint density at radius 2 is 2.10 bits per heavy atom. The molecule has 0 aliphatic carbocycles. The molecule has 1 aromatic rings. The fraction of sp³-hybridized carbons (Fsp3) is 0.625. The van der Waals surface area contributed by atoms with E-state index in [1.807, 2.05) is 12.1 Å². The van der Waals surface area contributed by atoms with Gasteiger partial charge in [-0.3, -0.25) is 4.90 Å². The lowest BCUT2D eigenvalue weighted by Gasteiger charge is -2.46. The molecule has 3 N–H and O–H groups in total. The van der Waals surface area contributed by atoms with Gasteiger partial charge in [-0.2, -0.15) is 0 Å². The third-order valence-electron chi connectivity index (χ3n) is 4.61. The van der Waals surface area contributed by atoms with Crippen molar-refractivity contribution in [3.63, 3.8) is 0 Å². The minimum absolute atomic E-state index is 0.0325. The van der Waals surface area contributed by atoms with Crippen molar-refractivity contribution in [2.75, 3.05) is 26.3 Å². The lowest BCUT2D eigenvalue weighted by Crippen LogP contribution is -2.61. The van der Waals surface area contributed by atoms with Gasteiger partial charge in [-0.05, 0) is 37.5 Å². The van der Waals surface area contributed by atoms with Crippen LogP contribution in [-0.2, 0) is 11.2 Å². The maximum atomic E-state index is 9.57. The molecule has 2 rings (SSSR count). The summed E-state index contributed by atoms with van der Waals surface area (Å²) in [7, 11) is 0. The van der Waals surface area contributed by atoms with Gasteiger partial charge >= 0.3 is 0 Å². The second-order valence-corrected chi connectivity index (χ2v) is 5.79. The van der Waals surface area contributed by atoms with Crippen LogP contribution in [0.25, 0.3) is 0 Å². The summed E-state index contributed by atoms with van der Waals surface area (Å²) in [6, 6.07) is 7.42. The Morgan fingerprint density at radius 1 is 1.40 bits per heavy atom. The predicted molar refractivity (Wildman–Crippen MR) is 80.9 cm³/mol. The average molecular weight is 278 g/mol. The standard InChI is InChI=1S/C16H26N2O2/c1-3-16(2,18-7-9-20-10-8-18)15(17)12-13-5-4-6-14(19)11-13/h4-6,11,15,19H,3,7-10,12,17H2,1-2H3. The first-order chi connectivity index (χ1) is 9.56. The highest BCUT2D eigenvalue weighted by Gasteiger charge is 2.36. The minimum Gasteiger partial charge on any atom is -0.508 e. The molecule has 112 valence electrons. The molecule has 20 heavy (non-hydrogen) atoms. The zero-order valence-electron chi connectivity index (χ0n) is 12.5. The monoisotopic (exact) mass is 278 g/mol. The maximum absolute atomic E-state index is 9.57. The van der Waals surface area contributed by atoms with Gasteiger partial charge in [0.05, 0.1) is 13.2 Å². The van der Waals surface area contributed by atoms with E-state index in [-0.39, 0.29) is 11.6 Å². The highest BCUT2D eigenvalue weighted by Crippen LogP contribution is 2.26. The minimum atomic E-state index is -0.0325. The largest absolute Gasteiger partial charge is 0.508 e. The van der Waals surface area contributed by atoms with Gasteiger partial charge in [-0.1, -0.05) is 19.1 Å². The van der Waals surface area contributed by atoms with E-state index < -0.39 is 0 Å². The van der Waals surface area contributed by atoms with Crippen LogP contribution in [0, 0.1) is 0 Å². The van der Waals surface area contributed by atoms with Crippen LogP contribution >= 0.6 is 0 Å². The van der Waals surface area contributed by atoms with Gasteiger partial charge < -0.3 is 15.6 Å².